The Balaban J connectivity index is 1.80. The molecule has 0 saturated carbocycles. The van der Waals surface area contributed by atoms with Crippen LogP contribution in [-0.4, -0.2) is 53.2 Å². The molecule has 0 unspecified atom stereocenters. The lowest BCUT2D eigenvalue weighted by Crippen LogP contribution is -2.39. The van der Waals surface area contributed by atoms with Crippen molar-refractivity contribution in [2.75, 3.05) is 33.5 Å². The number of fused-ring (bicyclic) bond motifs is 1. The highest BCUT2D eigenvalue weighted by atomic mass is 32.1. The first kappa shape index (κ1) is 28.9. The van der Waals surface area contributed by atoms with Crippen LogP contribution in [-0.2, 0) is 13.1 Å². The molecule has 216 valence electrons. The molecule has 0 aliphatic carbocycles. The zero-order valence-electron chi connectivity index (χ0n) is 23.5. The van der Waals surface area contributed by atoms with Crippen LogP contribution in [0.3, 0.4) is 0 Å². The van der Waals surface area contributed by atoms with E-state index in [-0.39, 0.29) is 11.6 Å². The normalized spacial score (nSPS) is 11.3. The zero-order valence-corrected chi connectivity index (χ0v) is 24.3. The molecule has 5 aromatic rings. The van der Waals surface area contributed by atoms with Crippen molar-refractivity contribution in [1.82, 2.24) is 18.9 Å². The summed E-state index contributed by atoms with van der Waals surface area (Å²) in [4.78, 5) is 44.5. The van der Waals surface area contributed by atoms with Crippen molar-refractivity contribution in [3.63, 3.8) is 0 Å². The van der Waals surface area contributed by atoms with E-state index in [1.807, 2.05) is 31.1 Å². The van der Waals surface area contributed by atoms with E-state index >= 15 is 0 Å². The lowest BCUT2D eigenvalue weighted by atomic mass is 10.1. The highest BCUT2D eigenvalue weighted by Crippen LogP contribution is 2.38. The number of benzene rings is 3. The predicted octanol–water partition coefficient (Wildman–Crippen LogP) is 5.36. The summed E-state index contributed by atoms with van der Waals surface area (Å²) < 4.78 is 31.9. The molecule has 1 N–H and O–H groups in total. The third-order valence-electron chi connectivity index (χ3n) is 6.74. The number of halogens is 2. The number of hydrogen-bond donors (Lipinski definition) is 1. The molecule has 5 rings (SSSR count). The van der Waals surface area contributed by atoms with Crippen LogP contribution < -0.4 is 16.6 Å². The SMILES string of the molecule is CN(C)Cc1c(-c2ccc(NC(=O)N(C)C)cc2)sc2c1c(=O)n(-c1ccccc1)c(=O)n2Cc1c(F)cccc1F. The van der Waals surface area contributed by atoms with Crippen molar-refractivity contribution in [2.45, 2.75) is 13.1 Å². The Bertz CT molecular complexity index is 1870. The van der Waals surface area contributed by atoms with Gasteiger partial charge in [0.25, 0.3) is 5.56 Å². The predicted molar refractivity (Wildman–Crippen MR) is 163 cm³/mol. The maximum absolute atomic E-state index is 14.8. The second kappa shape index (κ2) is 11.7. The van der Waals surface area contributed by atoms with Gasteiger partial charge in [-0.15, -0.1) is 11.3 Å². The fraction of sp³-hybridized carbons (Fsp3) is 0.194. The molecule has 0 aliphatic rings. The number of carbonyl (C=O) groups excluding carboxylic acids is 1. The van der Waals surface area contributed by atoms with Crippen molar-refractivity contribution in [3.05, 3.63) is 116 Å². The molecule has 2 aromatic heterocycles. The Morgan fingerprint density at radius 2 is 1.50 bits per heavy atom. The topological polar surface area (TPSA) is 79.6 Å². The van der Waals surface area contributed by atoms with Gasteiger partial charge < -0.3 is 15.1 Å². The molecule has 2 heterocycles. The second-order valence-corrected chi connectivity index (χ2v) is 11.3. The van der Waals surface area contributed by atoms with Crippen molar-refractivity contribution in [3.8, 4) is 16.1 Å². The summed E-state index contributed by atoms with van der Waals surface area (Å²) in [5.41, 5.74) is 0.894. The Hall–Kier alpha value is -4.61. The van der Waals surface area contributed by atoms with Crippen molar-refractivity contribution < 1.29 is 13.6 Å². The van der Waals surface area contributed by atoms with Crippen molar-refractivity contribution >= 4 is 33.3 Å². The standard InChI is InChI=1S/C31H29F2N5O3S/c1-35(2)17-23-26-28(39)38(21-9-6-5-7-10-21)31(41)37(18-22-24(32)11-8-12-25(22)33)29(26)42-27(23)19-13-15-20(16-14-19)34-30(40)36(3)4/h5-16H,17-18H2,1-4H3,(H,34,40). The van der Waals surface area contributed by atoms with Gasteiger partial charge in [0, 0.05) is 36.8 Å². The van der Waals surface area contributed by atoms with Crippen molar-refractivity contribution in [2.24, 2.45) is 0 Å². The number of anilines is 1. The number of urea groups is 1. The minimum Gasteiger partial charge on any atom is -0.331 e. The molecule has 3 aromatic carbocycles. The Morgan fingerprint density at radius 1 is 0.857 bits per heavy atom. The Morgan fingerprint density at radius 3 is 2.10 bits per heavy atom. The number of carbonyl (C=O) groups is 1. The average Bonchev–Trinajstić information content (AvgIpc) is 3.32. The van der Waals surface area contributed by atoms with E-state index in [1.54, 1.807) is 56.6 Å². The fourth-order valence-corrected chi connectivity index (χ4v) is 6.00. The van der Waals surface area contributed by atoms with Gasteiger partial charge in [-0.1, -0.05) is 36.4 Å². The smallest absolute Gasteiger partial charge is 0.331 e. The minimum atomic E-state index is -0.784. The number of hydrogen-bond acceptors (Lipinski definition) is 5. The highest BCUT2D eigenvalue weighted by Gasteiger charge is 2.25. The molecule has 11 heteroatoms. The van der Waals surface area contributed by atoms with Crippen LogP contribution in [0.4, 0.5) is 19.3 Å². The van der Waals surface area contributed by atoms with Crippen LogP contribution in [0, 0.1) is 11.6 Å². The van der Waals surface area contributed by atoms with Gasteiger partial charge >= 0.3 is 11.7 Å². The molecule has 0 saturated heterocycles. The van der Waals surface area contributed by atoms with Crippen LogP contribution in [0.25, 0.3) is 26.3 Å². The van der Waals surface area contributed by atoms with E-state index in [0.29, 0.717) is 33.7 Å². The minimum absolute atomic E-state index is 0.274. The first-order valence-electron chi connectivity index (χ1n) is 13.1. The van der Waals surface area contributed by atoms with Gasteiger partial charge in [-0.05, 0) is 61.6 Å². The first-order chi connectivity index (χ1) is 20.1. The molecule has 0 spiro atoms. The number of nitrogens with zero attached hydrogens (tertiary/aromatic N) is 4. The first-order valence-corrected chi connectivity index (χ1v) is 13.9. The monoisotopic (exact) mass is 589 g/mol. The summed E-state index contributed by atoms with van der Waals surface area (Å²) >= 11 is 1.22. The third kappa shape index (κ3) is 5.48. The molecule has 42 heavy (non-hydrogen) atoms. The third-order valence-corrected chi connectivity index (χ3v) is 8.05. The molecule has 2 amide bonds. The maximum atomic E-state index is 14.8. The number of rotatable bonds is 7. The Kier molecular flexibility index (Phi) is 8.06. The molecule has 0 bridgehead atoms. The van der Waals surface area contributed by atoms with Crippen LogP contribution in [0.5, 0.6) is 0 Å². The number of amides is 2. The van der Waals surface area contributed by atoms with Gasteiger partial charge in [-0.3, -0.25) is 9.36 Å². The van der Waals surface area contributed by atoms with Gasteiger partial charge in [-0.2, -0.15) is 0 Å². The number of nitrogens with one attached hydrogen (secondary N) is 1. The second-order valence-electron chi connectivity index (χ2n) is 10.3. The molecule has 0 aliphatic heterocycles. The lowest BCUT2D eigenvalue weighted by Gasteiger charge is -2.15. The van der Waals surface area contributed by atoms with Gasteiger partial charge in [0.05, 0.1) is 17.6 Å². The molecular weight excluding hydrogens is 560 g/mol. The van der Waals surface area contributed by atoms with E-state index < -0.39 is 29.4 Å². The average molecular weight is 590 g/mol. The highest BCUT2D eigenvalue weighted by molar-refractivity contribution is 7.22. The summed E-state index contributed by atoms with van der Waals surface area (Å²) in [6.45, 7) is -0.0391. The quantitative estimate of drug-likeness (QED) is 0.277. The van der Waals surface area contributed by atoms with Gasteiger partial charge in [0.15, 0.2) is 0 Å². The zero-order chi connectivity index (χ0) is 30.1. The van der Waals surface area contributed by atoms with Crippen LogP contribution in [0.1, 0.15) is 11.1 Å². The fourth-order valence-electron chi connectivity index (χ4n) is 4.69. The molecular formula is C31H29F2N5O3S. The molecule has 0 atom stereocenters. The number of thiophene rings is 1. The van der Waals surface area contributed by atoms with E-state index in [0.717, 1.165) is 27.1 Å². The molecule has 8 nitrogen and oxygen atoms in total. The summed E-state index contributed by atoms with van der Waals surface area (Å²) in [6, 6.07) is 18.9. The molecule has 0 radical (unpaired) electrons. The van der Waals surface area contributed by atoms with Crippen LogP contribution in [0.2, 0.25) is 0 Å². The summed E-state index contributed by atoms with van der Waals surface area (Å²) in [6.07, 6.45) is 0. The summed E-state index contributed by atoms with van der Waals surface area (Å²) in [5, 5.41) is 3.09. The van der Waals surface area contributed by atoms with Gasteiger partial charge in [-0.25, -0.2) is 22.9 Å². The van der Waals surface area contributed by atoms with Crippen LogP contribution >= 0.6 is 11.3 Å². The largest absolute Gasteiger partial charge is 0.337 e. The Labute approximate surface area is 244 Å². The maximum Gasteiger partial charge on any atom is 0.337 e. The van der Waals surface area contributed by atoms with E-state index in [2.05, 4.69) is 5.32 Å². The van der Waals surface area contributed by atoms with E-state index in [4.69, 9.17) is 0 Å². The van der Waals surface area contributed by atoms with E-state index in [9.17, 15) is 23.2 Å². The summed E-state index contributed by atoms with van der Waals surface area (Å²) in [5.74, 6) is -1.57. The van der Waals surface area contributed by atoms with E-state index in [1.165, 1.54) is 26.9 Å². The van der Waals surface area contributed by atoms with Crippen molar-refractivity contribution in [1.29, 1.82) is 0 Å². The van der Waals surface area contributed by atoms with Gasteiger partial charge in [0.2, 0.25) is 0 Å². The lowest BCUT2D eigenvalue weighted by molar-refractivity contribution is 0.230. The van der Waals surface area contributed by atoms with Gasteiger partial charge in [0.1, 0.15) is 16.5 Å². The van der Waals surface area contributed by atoms with Crippen LogP contribution in [0.15, 0.2) is 82.4 Å². The number of para-hydroxylation sites is 1. The number of aromatic nitrogens is 2. The summed E-state index contributed by atoms with van der Waals surface area (Å²) in [7, 11) is 7.02. The molecule has 0 fully saturated rings.